The van der Waals surface area contributed by atoms with Crippen LogP contribution >= 0.6 is 22.6 Å². The van der Waals surface area contributed by atoms with Crippen LogP contribution in [0.4, 0.5) is 0 Å². The minimum Gasteiger partial charge on any atom is -0.543 e. The average Bonchev–Trinajstić information content (AvgIpc) is 2.47. The first-order valence-electron chi connectivity index (χ1n) is 9.83. The highest BCUT2D eigenvalue weighted by molar-refractivity contribution is 14.1. The third-order valence-electron chi connectivity index (χ3n) is 6.09. The van der Waals surface area contributed by atoms with E-state index in [0.717, 1.165) is 14.9 Å². The van der Waals surface area contributed by atoms with Crippen molar-refractivity contribution in [2.75, 3.05) is 0 Å². The van der Waals surface area contributed by atoms with Crippen LogP contribution in [0.2, 0.25) is 36.3 Å². The summed E-state index contributed by atoms with van der Waals surface area (Å²) in [5, 5.41) is 0.116. The third-order valence-corrected chi connectivity index (χ3v) is 15.6. The quantitative estimate of drug-likeness (QED) is 0.354. The van der Waals surface area contributed by atoms with Crippen molar-refractivity contribution >= 4 is 45.2 Å². The van der Waals surface area contributed by atoms with Gasteiger partial charge >= 0.3 is 5.97 Å². The van der Waals surface area contributed by atoms with Gasteiger partial charge in [0, 0.05) is 0 Å². The molecule has 0 aliphatic heterocycles. The molecular formula is C21H38INO3Si2. The van der Waals surface area contributed by atoms with Crippen LogP contribution in [0.15, 0.2) is 18.2 Å². The Kier molecular flexibility index (Phi) is 8.04. The molecule has 2 N–H and O–H groups in total. The lowest BCUT2D eigenvalue weighted by Crippen LogP contribution is -2.47. The summed E-state index contributed by atoms with van der Waals surface area (Å²) in [6.45, 7) is 21.6. The van der Waals surface area contributed by atoms with Gasteiger partial charge in [0.25, 0.3) is 16.6 Å². The first-order valence-corrected chi connectivity index (χ1v) is 16.7. The summed E-state index contributed by atoms with van der Waals surface area (Å²) in [5.74, 6) is 0.608. The van der Waals surface area contributed by atoms with E-state index in [1.54, 1.807) is 0 Å². The Hall–Kier alpha value is -0.386. The molecule has 0 radical (unpaired) electrons. The number of hydrogen-bond donors (Lipinski definition) is 1. The van der Waals surface area contributed by atoms with Gasteiger partial charge in [-0.15, -0.1) is 0 Å². The van der Waals surface area contributed by atoms with Gasteiger partial charge < -0.3 is 14.6 Å². The Bertz CT molecular complexity index is 707. The van der Waals surface area contributed by atoms with Crippen molar-refractivity contribution in [1.82, 2.24) is 0 Å². The molecule has 1 unspecified atom stereocenters. The Morgan fingerprint density at radius 3 is 1.96 bits per heavy atom. The van der Waals surface area contributed by atoms with Crippen molar-refractivity contribution in [3.63, 3.8) is 0 Å². The largest absolute Gasteiger partial charge is 0.543 e. The molecule has 0 saturated heterocycles. The number of hydrogen-bond acceptors (Lipinski definition) is 4. The molecule has 0 heterocycles. The van der Waals surface area contributed by atoms with Crippen LogP contribution in [0, 0.1) is 3.57 Å². The van der Waals surface area contributed by atoms with Crippen molar-refractivity contribution < 1.29 is 13.6 Å². The van der Waals surface area contributed by atoms with Crippen LogP contribution in [0.5, 0.6) is 5.75 Å². The van der Waals surface area contributed by atoms with Crippen molar-refractivity contribution in [3.05, 3.63) is 27.3 Å². The van der Waals surface area contributed by atoms with E-state index < -0.39 is 22.7 Å². The molecule has 1 atom stereocenters. The fraction of sp³-hybridized carbons (Fsp3) is 0.667. The molecule has 7 heteroatoms. The van der Waals surface area contributed by atoms with Crippen LogP contribution in [0.1, 0.15) is 47.1 Å². The average molecular weight is 536 g/mol. The van der Waals surface area contributed by atoms with E-state index in [-0.39, 0.29) is 16.0 Å². The Morgan fingerprint density at radius 1 is 1.04 bits per heavy atom. The molecule has 0 aromatic heterocycles. The number of rotatable bonds is 6. The summed E-state index contributed by atoms with van der Waals surface area (Å²) in [6.07, 6.45) is 0.462. The van der Waals surface area contributed by atoms with E-state index in [2.05, 4.69) is 96.4 Å². The van der Waals surface area contributed by atoms with Crippen LogP contribution in [0.25, 0.3) is 0 Å². The zero-order valence-corrected chi connectivity index (χ0v) is 23.4. The SMILES string of the molecule is CC(C)(C)[Si](C)(C)OC(=O)C(N)Cc1ccc(O[Si](C)(C)C(C)(C)C)c(I)c1. The minimum atomic E-state index is -2.16. The fourth-order valence-electron chi connectivity index (χ4n) is 2.00. The molecule has 0 saturated carbocycles. The fourth-order valence-corrected chi connectivity index (χ4v) is 4.89. The van der Waals surface area contributed by atoms with Gasteiger partial charge in [0.05, 0.1) is 3.57 Å². The van der Waals surface area contributed by atoms with Crippen molar-refractivity contribution in [3.8, 4) is 5.75 Å². The second-order valence-electron chi connectivity index (χ2n) is 10.6. The second kappa shape index (κ2) is 8.77. The molecule has 0 aliphatic rings. The lowest BCUT2D eigenvalue weighted by atomic mass is 10.1. The Labute approximate surface area is 187 Å². The summed E-state index contributed by atoms with van der Waals surface area (Å²) >= 11 is 2.30. The summed E-state index contributed by atoms with van der Waals surface area (Å²) in [7, 11) is -4.05. The standard InChI is InChI=1S/C21H38INO3Si2/c1-20(2,3)27(7,8)25-18-12-11-15(13-16(18)22)14-17(23)19(24)26-28(9,10)21(4,5)6/h11-13,17H,14,23H2,1-10H3. The minimum absolute atomic E-state index is 0.0273. The van der Waals surface area contributed by atoms with E-state index >= 15 is 0 Å². The summed E-state index contributed by atoms with van der Waals surface area (Å²) in [4.78, 5) is 12.5. The van der Waals surface area contributed by atoms with Gasteiger partial charge in [-0.1, -0.05) is 47.6 Å². The van der Waals surface area contributed by atoms with Gasteiger partial charge in [0.15, 0.2) is 0 Å². The number of nitrogens with two attached hydrogens (primary N) is 1. The highest BCUT2D eigenvalue weighted by Gasteiger charge is 2.41. The van der Waals surface area contributed by atoms with Crippen molar-refractivity contribution in [2.24, 2.45) is 5.73 Å². The van der Waals surface area contributed by atoms with Gasteiger partial charge in [0.2, 0.25) is 0 Å². The molecular weight excluding hydrogens is 497 g/mol. The van der Waals surface area contributed by atoms with E-state index in [4.69, 9.17) is 14.6 Å². The lowest BCUT2D eigenvalue weighted by molar-refractivity contribution is -0.136. The van der Waals surface area contributed by atoms with Crippen molar-refractivity contribution in [2.45, 2.75) is 90.3 Å². The van der Waals surface area contributed by atoms with Gasteiger partial charge in [-0.3, -0.25) is 4.79 Å². The summed E-state index contributed by atoms with van der Waals surface area (Å²) in [5.41, 5.74) is 7.19. The maximum atomic E-state index is 12.5. The number of carbonyl (C=O) groups is 1. The second-order valence-corrected chi connectivity index (χ2v) is 21.2. The predicted molar refractivity (Wildman–Crippen MR) is 132 cm³/mol. The third kappa shape index (κ3) is 6.57. The van der Waals surface area contributed by atoms with Crippen LogP contribution in [0.3, 0.4) is 0 Å². The first kappa shape index (κ1) is 25.6. The van der Waals surface area contributed by atoms with E-state index in [1.807, 2.05) is 12.1 Å². The lowest BCUT2D eigenvalue weighted by Gasteiger charge is -2.37. The van der Waals surface area contributed by atoms with Gasteiger partial charge in [-0.2, -0.15) is 0 Å². The smallest absolute Gasteiger partial charge is 0.309 e. The molecule has 1 rings (SSSR count). The molecule has 0 spiro atoms. The first-order chi connectivity index (χ1) is 12.4. The maximum absolute atomic E-state index is 12.5. The molecule has 160 valence electrons. The zero-order chi connectivity index (χ0) is 22.1. The topological polar surface area (TPSA) is 61.5 Å². The molecule has 0 amide bonds. The van der Waals surface area contributed by atoms with Gasteiger partial charge in [-0.25, -0.2) is 0 Å². The Balaban J connectivity index is 2.86. The maximum Gasteiger partial charge on any atom is 0.309 e. The number of carbonyl (C=O) groups excluding carboxylic acids is 1. The predicted octanol–water partition coefficient (Wildman–Crippen LogP) is 6.09. The molecule has 0 fully saturated rings. The van der Waals surface area contributed by atoms with E-state index in [1.165, 1.54) is 0 Å². The Morgan fingerprint density at radius 2 is 1.54 bits per heavy atom. The molecule has 1 aromatic carbocycles. The van der Waals surface area contributed by atoms with Crippen LogP contribution in [-0.4, -0.2) is 28.6 Å². The number of halogens is 1. The monoisotopic (exact) mass is 535 g/mol. The summed E-state index contributed by atoms with van der Waals surface area (Å²) < 4.78 is 13.3. The van der Waals surface area contributed by atoms with E-state index in [0.29, 0.717) is 6.42 Å². The number of benzene rings is 1. The van der Waals surface area contributed by atoms with Crippen molar-refractivity contribution in [1.29, 1.82) is 0 Å². The molecule has 28 heavy (non-hydrogen) atoms. The van der Waals surface area contributed by atoms with Gasteiger partial charge in [0.1, 0.15) is 11.8 Å². The highest BCUT2D eigenvalue weighted by Crippen LogP contribution is 2.39. The van der Waals surface area contributed by atoms with Gasteiger partial charge in [-0.05, 0) is 83.0 Å². The van der Waals surface area contributed by atoms with E-state index in [9.17, 15) is 4.79 Å². The van der Waals surface area contributed by atoms with Crippen LogP contribution < -0.4 is 10.2 Å². The molecule has 0 bridgehead atoms. The molecule has 0 aliphatic carbocycles. The molecule has 1 aromatic rings. The molecule has 4 nitrogen and oxygen atoms in total. The van der Waals surface area contributed by atoms with Crippen LogP contribution in [-0.2, 0) is 15.6 Å². The zero-order valence-electron chi connectivity index (χ0n) is 19.2. The normalized spacial score (nSPS) is 14.6. The summed E-state index contributed by atoms with van der Waals surface area (Å²) in [6, 6.07) is 5.41. The highest BCUT2D eigenvalue weighted by atomic mass is 127.